The van der Waals surface area contributed by atoms with E-state index in [1.807, 2.05) is 42.5 Å². The molecule has 0 fully saturated rings. The first-order valence-corrected chi connectivity index (χ1v) is 6.74. The van der Waals surface area contributed by atoms with Crippen LogP contribution in [0.3, 0.4) is 0 Å². The van der Waals surface area contributed by atoms with Crippen molar-refractivity contribution in [3.63, 3.8) is 0 Å². The van der Waals surface area contributed by atoms with Gasteiger partial charge < -0.3 is 11.1 Å². The van der Waals surface area contributed by atoms with Crippen LogP contribution >= 0.6 is 11.6 Å². The molecule has 0 spiro atoms. The number of hydrazine groups is 1. The van der Waals surface area contributed by atoms with Crippen molar-refractivity contribution in [1.29, 1.82) is 0 Å². The molecule has 2 aromatic rings. The Labute approximate surface area is 127 Å². The molecule has 0 aromatic heterocycles. The Morgan fingerprint density at radius 2 is 1.90 bits per heavy atom. The predicted molar refractivity (Wildman–Crippen MR) is 84.9 cm³/mol. The van der Waals surface area contributed by atoms with E-state index in [4.69, 9.17) is 23.1 Å². The normalized spacial score (nSPS) is 20.8. The second kappa shape index (κ2) is 5.25. The van der Waals surface area contributed by atoms with Gasteiger partial charge >= 0.3 is 0 Å². The van der Waals surface area contributed by atoms with Crippen LogP contribution in [0.15, 0.2) is 53.5 Å². The van der Waals surface area contributed by atoms with Crippen LogP contribution in [-0.2, 0) is 5.79 Å². The zero-order valence-electron chi connectivity index (χ0n) is 11.1. The van der Waals surface area contributed by atoms with Crippen molar-refractivity contribution in [2.75, 3.05) is 5.32 Å². The van der Waals surface area contributed by atoms with Crippen LogP contribution in [0.2, 0.25) is 5.02 Å². The molecule has 1 atom stereocenters. The highest BCUT2D eigenvalue weighted by atomic mass is 35.5. The molecular weight excluding hydrogens is 288 g/mol. The highest BCUT2D eigenvalue weighted by molar-refractivity contribution is 6.33. The molecular formula is C14H15ClN6. The third kappa shape index (κ3) is 2.78. The molecule has 0 aliphatic carbocycles. The number of hydrogen-bond acceptors (Lipinski definition) is 6. The Bertz CT molecular complexity index is 687. The van der Waals surface area contributed by atoms with Gasteiger partial charge in [0.2, 0.25) is 11.7 Å². The molecule has 0 saturated heterocycles. The highest BCUT2D eigenvalue weighted by Gasteiger charge is 2.31. The minimum Gasteiger partial charge on any atom is -0.369 e. The van der Waals surface area contributed by atoms with Crippen LogP contribution in [0.1, 0.15) is 5.56 Å². The molecule has 1 heterocycles. The summed E-state index contributed by atoms with van der Waals surface area (Å²) in [4.78, 5) is 4.12. The van der Waals surface area contributed by atoms with Crippen LogP contribution in [0.4, 0.5) is 11.4 Å². The average Bonchev–Trinajstić information content (AvgIpc) is 2.83. The van der Waals surface area contributed by atoms with E-state index in [9.17, 15) is 0 Å². The fraction of sp³-hybridized carbons (Fsp3) is 0.0714. The average molecular weight is 303 g/mol. The number of halogens is 1. The predicted octanol–water partition coefficient (Wildman–Crippen LogP) is 1.58. The number of nitrogens with zero attached hydrogens (tertiary/aromatic N) is 1. The van der Waals surface area contributed by atoms with E-state index in [-0.39, 0.29) is 5.96 Å². The molecule has 0 amide bonds. The lowest BCUT2D eigenvalue weighted by Gasteiger charge is -2.21. The SMILES string of the molecule is NC1=NC(N)(c2ccc(Nc3ccccc3)c(Cl)c2)NN1. The van der Waals surface area contributed by atoms with Crippen LogP contribution in [0, 0.1) is 0 Å². The summed E-state index contributed by atoms with van der Waals surface area (Å²) in [6.45, 7) is 0. The number of benzene rings is 2. The van der Waals surface area contributed by atoms with Gasteiger partial charge in [0.15, 0.2) is 0 Å². The first kappa shape index (κ1) is 13.7. The zero-order valence-corrected chi connectivity index (χ0v) is 11.9. The Morgan fingerprint density at radius 1 is 1.14 bits per heavy atom. The van der Waals surface area contributed by atoms with Crippen molar-refractivity contribution >= 4 is 28.9 Å². The van der Waals surface area contributed by atoms with Crippen LogP contribution in [-0.4, -0.2) is 5.96 Å². The molecule has 0 saturated carbocycles. The maximum absolute atomic E-state index is 6.31. The summed E-state index contributed by atoms with van der Waals surface area (Å²) in [5.74, 6) is -0.876. The summed E-state index contributed by atoms with van der Waals surface area (Å²) in [6.07, 6.45) is 0. The fourth-order valence-electron chi connectivity index (χ4n) is 2.07. The van der Waals surface area contributed by atoms with Crippen LogP contribution in [0.25, 0.3) is 0 Å². The minimum absolute atomic E-state index is 0.236. The summed E-state index contributed by atoms with van der Waals surface area (Å²) in [5.41, 5.74) is 19.6. The quantitative estimate of drug-likeness (QED) is 0.592. The maximum Gasteiger partial charge on any atom is 0.209 e. The van der Waals surface area contributed by atoms with Gasteiger partial charge in [-0.2, -0.15) is 5.43 Å². The third-order valence-corrected chi connectivity index (χ3v) is 3.45. The first-order valence-electron chi connectivity index (χ1n) is 6.36. The number of aliphatic imine (C=N–C) groups is 1. The number of rotatable bonds is 3. The number of hydrogen-bond donors (Lipinski definition) is 5. The van der Waals surface area contributed by atoms with Crippen molar-refractivity contribution in [1.82, 2.24) is 10.9 Å². The van der Waals surface area contributed by atoms with E-state index < -0.39 is 5.79 Å². The van der Waals surface area contributed by atoms with E-state index in [0.717, 1.165) is 11.4 Å². The van der Waals surface area contributed by atoms with Crippen molar-refractivity contribution in [2.45, 2.75) is 5.79 Å². The lowest BCUT2D eigenvalue weighted by atomic mass is 10.1. The van der Waals surface area contributed by atoms with Crippen molar-refractivity contribution in [3.05, 3.63) is 59.1 Å². The Balaban J connectivity index is 1.87. The first-order chi connectivity index (χ1) is 10.1. The second-order valence-corrected chi connectivity index (χ2v) is 5.11. The second-order valence-electron chi connectivity index (χ2n) is 4.70. The number of para-hydroxylation sites is 1. The van der Waals surface area contributed by atoms with Crippen molar-refractivity contribution in [3.8, 4) is 0 Å². The van der Waals surface area contributed by atoms with E-state index in [1.54, 1.807) is 6.07 Å². The van der Waals surface area contributed by atoms with Crippen molar-refractivity contribution < 1.29 is 0 Å². The number of nitrogens with one attached hydrogen (secondary N) is 3. The Morgan fingerprint density at radius 3 is 2.52 bits per heavy atom. The molecule has 1 aliphatic heterocycles. The van der Waals surface area contributed by atoms with Crippen LogP contribution < -0.4 is 27.6 Å². The topological polar surface area (TPSA) is 100 Å². The van der Waals surface area contributed by atoms with Gasteiger partial charge in [-0.05, 0) is 24.3 Å². The van der Waals surface area contributed by atoms with Gasteiger partial charge in [0, 0.05) is 11.3 Å². The number of guanidine groups is 1. The summed E-state index contributed by atoms with van der Waals surface area (Å²) in [5, 5.41) is 3.79. The summed E-state index contributed by atoms with van der Waals surface area (Å²) >= 11 is 6.31. The lowest BCUT2D eigenvalue weighted by Crippen LogP contribution is -2.50. The molecule has 3 rings (SSSR count). The molecule has 1 aliphatic rings. The lowest BCUT2D eigenvalue weighted by molar-refractivity contribution is 0.375. The maximum atomic E-state index is 6.31. The Kier molecular flexibility index (Phi) is 3.42. The highest BCUT2D eigenvalue weighted by Crippen LogP contribution is 2.30. The smallest absolute Gasteiger partial charge is 0.209 e. The molecule has 0 bridgehead atoms. The van der Waals surface area contributed by atoms with E-state index in [1.165, 1.54) is 0 Å². The minimum atomic E-state index is -1.11. The largest absolute Gasteiger partial charge is 0.369 e. The molecule has 0 radical (unpaired) electrons. The van der Waals surface area contributed by atoms with E-state index in [2.05, 4.69) is 21.2 Å². The van der Waals surface area contributed by atoms with Gasteiger partial charge in [0.05, 0.1) is 10.7 Å². The van der Waals surface area contributed by atoms with Gasteiger partial charge in [-0.3, -0.25) is 11.2 Å². The molecule has 7 N–H and O–H groups in total. The summed E-state index contributed by atoms with van der Waals surface area (Å²) in [7, 11) is 0. The molecule has 2 aromatic carbocycles. The fourth-order valence-corrected chi connectivity index (χ4v) is 2.30. The van der Waals surface area contributed by atoms with Gasteiger partial charge in [-0.15, -0.1) is 0 Å². The molecule has 108 valence electrons. The van der Waals surface area contributed by atoms with E-state index in [0.29, 0.717) is 10.6 Å². The third-order valence-electron chi connectivity index (χ3n) is 3.14. The number of nitrogens with two attached hydrogens (primary N) is 2. The summed E-state index contributed by atoms with van der Waals surface area (Å²) < 4.78 is 0. The Hall–Kier alpha value is -2.28. The summed E-state index contributed by atoms with van der Waals surface area (Å²) in [6, 6.07) is 15.2. The van der Waals surface area contributed by atoms with Gasteiger partial charge in [0.25, 0.3) is 0 Å². The monoisotopic (exact) mass is 302 g/mol. The van der Waals surface area contributed by atoms with Gasteiger partial charge in [-0.25, -0.2) is 4.99 Å². The molecule has 1 unspecified atom stereocenters. The molecule has 6 nitrogen and oxygen atoms in total. The van der Waals surface area contributed by atoms with Gasteiger partial charge in [-0.1, -0.05) is 35.9 Å². The van der Waals surface area contributed by atoms with Gasteiger partial charge in [0.1, 0.15) is 0 Å². The van der Waals surface area contributed by atoms with Crippen LogP contribution in [0.5, 0.6) is 0 Å². The zero-order chi connectivity index (χ0) is 14.9. The van der Waals surface area contributed by atoms with Crippen molar-refractivity contribution in [2.24, 2.45) is 16.5 Å². The molecule has 7 heteroatoms. The standard InChI is InChI=1S/C14H15ClN6/c15-11-8-9(14(17)19-13(16)20-21-14)6-7-12(11)18-10-4-2-1-3-5-10/h1-8,18,21H,17H2,(H3,16,19,20). The number of anilines is 2. The van der Waals surface area contributed by atoms with E-state index >= 15 is 0 Å². The molecule has 21 heavy (non-hydrogen) atoms.